The number of nitrogens with zero attached hydrogens (tertiary/aromatic N) is 3. The molecule has 0 aliphatic carbocycles. The van der Waals surface area contributed by atoms with E-state index in [2.05, 4.69) is 11.1 Å². The molecule has 0 atom stereocenters. The lowest BCUT2D eigenvalue weighted by Crippen LogP contribution is -1.92. The van der Waals surface area contributed by atoms with Crippen LogP contribution in [0.4, 0.5) is 0 Å². The maximum absolute atomic E-state index is 8.56. The van der Waals surface area contributed by atoms with Crippen molar-refractivity contribution >= 4 is 11.6 Å². The summed E-state index contributed by atoms with van der Waals surface area (Å²) in [4.78, 5) is 3.95. The van der Waals surface area contributed by atoms with Crippen molar-refractivity contribution in [2.24, 2.45) is 0 Å². The molecule has 0 amide bonds. The molecule has 0 fully saturated rings. The van der Waals surface area contributed by atoms with Crippen molar-refractivity contribution in [2.75, 3.05) is 0 Å². The van der Waals surface area contributed by atoms with Crippen LogP contribution in [0.5, 0.6) is 0 Å². The Bertz CT molecular complexity index is 497. The normalized spacial score (nSPS) is 9.87. The van der Waals surface area contributed by atoms with Crippen LogP contribution in [0.25, 0.3) is 5.69 Å². The van der Waals surface area contributed by atoms with Gasteiger partial charge in [-0.05, 0) is 17.7 Å². The number of rotatable bonds is 2. The van der Waals surface area contributed by atoms with Crippen molar-refractivity contribution in [3.05, 3.63) is 47.5 Å². The van der Waals surface area contributed by atoms with Gasteiger partial charge in [-0.15, -0.1) is 0 Å². The monoisotopic (exact) mass is 217 g/mol. The summed E-state index contributed by atoms with van der Waals surface area (Å²) in [6.07, 6.45) is 5.58. The number of hydrogen-bond acceptors (Lipinski definition) is 2. The number of halogens is 1. The molecular weight excluding hydrogens is 210 g/mol. The highest BCUT2D eigenvalue weighted by atomic mass is 35.5. The van der Waals surface area contributed by atoms with Crippen LogP contribution < -0.4 is 0 Å². The van der Waals surface area contributed by atoms with E-state index in [-0.39, 0.29) is 0 Å². The number of hydrogen-bond donors (Lipinski definition) is 0. The molecule has 2 aromatic rings. The molecule has 0 aliphatic heterocycles. The van der Waals surface area contributed by atoms with E-state index < -0.39 is 0 Å². The van der Waals surface area contributed by atoms with Crippen LogP contribution in [0.3, 0.4) is 0 Å². The second-order valence-corrected chi connectivity index (χ2v) is 3.50. The second kappa shape index (κ2) is 4.16. The van der Waals surface area contributed by atoms with Crippen LogP contribution >= 0.6 is 11.6 Å². The van der Waals surface area contributed by atoms with E-state index in [9.17, 15) is 0 Å². The number of imidazole rings is 1. The van der Waals surface area contributed by atoms with Gasteiger partial charge in [0.2, 0.25) is 0 Å². The first-order valence-corrected chi connectivity index (χ1v) is 4.83. The summed E-state index contributed by atoms with van der Waals surface area (Å²) in [6.45, 7) is 0. The van der Waals surface area contributed by atoms with Crippen LogP contribution in [0.1, 0.15) is 5.56 Å². The Morgan fingerprint density at radius 1 is 1.47 bits per heavy atom. The van der Waals surface area contributed by atoms with E-state index in [0.717, 1.165) is 11.3 Å². The molecule has 0 aliphatic rings. The largest absolute Gasteiger partial charge is 0.305 e. The second-order valence-electron chi connectivity index (χ2n) is 3.09. The molecule has 0 N–H and O–H groups in total. The smallest absolute Gasteiger partial charge is 0.0992 e. The zero-order valence-corrected chi connectivity index (χ0v) is 8.65. The minimum absolute atomic E-state index is 0.379. The molecule has 1 heterocycles. The molecule has 0 unspecified atom stereocenters. The zero-order valence-electron chi connectivity index (χ0n) is 7.89. The topological polar surface area (TPSA) is 41.6 Å². The van der Waals surface area contributed by atoms with Crippen molar-refractivity contribution in [3.8, 4) is 11.8 Å². The first kappa shape index (κ1) is 9.75. The van der Waals surface area contributed by atoms with Gasteiger partial charge in [-0.2, -0.15) is 5.26 Å². The van der Waals surface area contributed by atoms with Gasteiger partial charge in [-0.25, -0.2) is 4.98 Å². The fourth-order valence-corrected chi connectivity index (χ4v) is 1.66. The summed E-state index contributed by atoms with van der Waals surface area (Å²) in [5.74, 6) is 0. The molecule has 3 nitrogen and oxygen atoms in total. The Balaban J connectivity index is 2.40. The molecule has 0 saturated carbocycles. The third-order valence-electron chi connectivity index (χ3n) is 2.08. The Kier molecular flexibility index (Phi) is 2.70. The summed E-state index contributed by atoms with van der Waals surface area (Å²) in [7, 11) is 0. The predicted molar refractivity (Wildman–Crippen MR) is 57.9 cm³/mol. The Morgan fingerprint density at radius 2 is 2.33 bits per heavy atom. The SMILES string of the molecule is N#CCc1ccc(-n2ccnc2)c(Cl)c1. The van der Waals surface area contributed by atoms with Gasteiger partial charge in [0.15, 0.2) is 0 Å². The molecule has 0 spiro atoms. The Hall–Kier alpha value is -1.79. The minimum Gasteiger partial charge on any atom is -0.305 e. The van der Waals surface area contributed by atoms with E-state index in [1.165, 1.54) is 0 Å². The summed E-state index contributed by atoms with van der Waals surface area (Å²) in [5.41, 5.74) is 1.79. The highest BCUT2D eigenvalue weighted by Crippen LogP contribution is 2.21. The third kappa shape index (κ3) is 2.00. The first-order valence-electron chi connectivity index (χ1n) is 4.45. The predicted octanol–water partition coefficient (Wildman–Crippen LogP) is 2.59. The molecule has 2 rings (SSSR count). The van der Waals surface area contributed by atoms with Gasteiger partial charge in [-0.3, -0.25) is 0 Å². The van der Waals surface area contributed by atoms with E-state index in [1.807, 2.05) is 22.9 Å². The maximum atomic E-state index is 8.56. The molecule has 0 radical (unpaired) electrons. The Morgan fingerprint density at radius 3 is 2.93 bits per heavy atom. The van der Waals surface area contributed by atoms with Crippen molar-refractivity contribution in [1.82, 2.24) is 9.55 Å². The average Bonchev–Trinajstić information content (AvgIpc) is 2.71. The van der Waals surface area contributed by atoms with Crippen molar-refractivity contribution in [2.45, 2.75) is 6.42 Å². The van der Waals surface area contributed by atoms with Crippen molar-refractivity contribution in [1.29, 1.82) is 5.26 Å². The molecule has 1 aromatic heterocycles. The van der Waals surface area contributed by atoms with Gasteiger partial charge >= 0.3 is 0 Å². The minimum atomic E-state index is 0.379. The van der Waals surface area contributed by atoms with Crippen LogP contribution in [0.15, 0.2) is 36.9 Å². The van der Waals surface area contributed by atoms with Gasteiger partial charge in [0.25, 0.3) is 0 Å². The average molecular weight is 218 g/mol. The van der Waals surface area contributed by atoms with E-state index in [1.54, 1.807) is 18.6 Å². The van der Waals surface area contributed by atoms with Gasteiger partial charge in [0.05, 0.1) is 29.5 Å². The lowest BCUT2D eigenvalue weighted by Gasteiger charge is -2.05. The van der Waals surface area contributed by atoms with Gasteiger partial charge in [0.1, 0.15) is 0 Å². The maximum Gasteiger partial charge on any atom is 0.0992 e. The number of aromatic nitrogens is 2. The van der Waals surface area contributed by atoms with Crippen LogP contribution in [-0.4, -0.2) is 9.55 Å². The first-order chi connectivity index (χ1) is 7.31. The van der Waals surface area contributed by atoms with Gasteiger partial charge < -0.3 is 4.57 Å². The molecule has 1 aromatic carbocycles. The van der Waals surface area contributed by atoms with E-state index in [0.29, 0.717) is 11.4 Å². The molecule has 74 valence electrons. The van der Waals surface area contributed by atoms with Crippen LogP contribution in [-0.2, 0) is 6.42 Å². The molecule has 0 saturated heterocycles. The quantitative estimate of drug-likeness (QED) is 0.776. The van der Waals surface area contributed by atoms with Crippen LogP contribution in [0.2, 0.25) is 5.02 Å². The van der Waals surface area contributed by atoms with Crippen LogP contribution in [0, 0.1) is 11.3 Å². The van der Waals surface area contributed by atoms with Gasteiger partial charge in [-0.1, -0.05) is 17.7 Å². The van der Waals surface area contributed by atoms with E-state index >= 15 is 0 Å². The number of nitriles is 1. The van der Waals surface area contributed by atoms with Gasteiger partial charge in [0, 0.05) is 12.4 Å². The molecular formula is C11H8ClN3. The summed E-state index contributed by atoms with van der Waals surface area (Å²) >= 11 is 6.10. The standard InChI is InChI=1S/C11H8ClN3/c12-10-7-9(3-4-13)1-2-11(10)15-6-5-14-8-15/h1-2,5-8H,3H2. The van der Waals surface area contributed by atoms with E-state index in [4.69, 9.17) is 16.9 Å². The lowest BCUT2D eigenvalue weighted by molar-refractivity contribution is 1.05. The zero-order chi connectivity index (χ0) is 10.7. The summed E-state index contributed by atoms with van der Waals surface area (Å²) < 4.78 is 1.83. The fraction of sp³-hybridized carbons (Fsp3) is 0.0909. The van der Waals surface area contributed by atoms with Crippen molar-refractivity contribution in [3.63, 3.8) is 0 Å². The summed E-state index contributed by atoms with van der Waals surface area (Å²) in [6, 6.07) is 7.67. The highest BCUT2D eigenvalue weighted by Gasteiger charge is 2.03. The Labute approximate surface area is 92.6 Å². The highest BCUT2D eigenvalue weighted by molar-refractivity contribution is 6.32. The lowest BCUT2D eigenvalue weighted by atomic mass is 10.1. The summed E-state index contributed by atoms with van der Waals surface area (Å²) in [5, 5.41) is 9.18. The molecule has 4 heteroatoms. The van der Waals surface area contributed by atoms with Crippen molar-refractivity contribution < 1.29 is 0 Å². The molecule has 0 bridgehead atoms. The third-order valence-corrected chi connectivity index (χ3v) is 2.38. The number of benzene rings is 1. The fourth-order valence-electron chi connectivity index (χ4n) is 1.36. The molecule has 15 heavy (non-hydrogen) atoms.